The van der Waals surface area contributed by atoms with Crippen LogP contribution in [-0.2, 0) is 0 Å². The van der Waals surface area contributed by atoms with Crippen molar-refractivity contribution in [3.05, 3.63) is 62.6 Å². The summed E-state index contributed by atoms with van der Waals surface area (Å²) in [5.41, 5.74) is 3.03. The van der Waals surface area contributed by atoms with Crippen LogP contribution in [0.4, 0.5) is 0 Å². The van der Waals surface area contributed by atoms with Gasteiger partial charge in [-0.2, -0.15) is 5.10 Å². The normalized spacial score (nSPS) is 10.8. The second-order valence-electron chi connectivity index (χ2n) is 4.03. The van der Waals surface area contributed by atoms with Gasteiger partial charge in [0.25, 0.3) is 5.91 Å². The van der Waals surface area contributed by atoms with E-state index in [0.717, 1.165) is 0 Å². The molecule has 0 aliphatic carbocycles. The molecule has 0 atom stereocenters. The molecule has 108 valence electrons. The summed E-state index contributed by atoms with van der Waals surface area (Å²) in [6, 6.07) is 9.22. The second-order valence-corrected chi connectivity index (χ2v) is 5.31. The van der Waals surface area contributed by atoms with Crippen molar-refractivity contribution < 1.29 is 9.90 Å². The fraction of sp³-hybridized carbons (Fsp3) is 0. The lowest BCUT2D eigenvalue weighted by atomic mass is 10.2. The smallest absolute Gasteiger partial charge is 0.271 e. The number of benzene rings is 2. The van der Waals surface area contributed by atoms with Crippen molar-refractivity contribution in [2.75, 3.05) is 0 Å². The van der Waals surface area contributed by atoms with E-state index in [1.807, 2.05) is 0 Å². The molecule has 4 nitrogen and oxygen atoms in total. The van der Waals surface area contributed by atoms with Gasteiger partial charge in [-0.15, -0.1) is 0 Å². The van der Waals surface area contributed by atoms with Gasteiger partial charge < -0.3 is 5.11 Å². The third-order valence-electron chi connectivity index (χ3n) is 2.53. The van der Waals surface area contributed by atoms with E-state index >= 15 is 0 Å². The van der Waals surface area contributed by atoms with Crippen LogP contribution in [0.3, 0.4) is 0 Å². The maximum Gasteiger partial charge on any atom is 0.271 e. The molecular formula is C14H9Cl3N2O2. The van der Waals surface area contributed by atoms with Crippen LogP contribution in [0.15, 0.2) is 41.5 Å². The lowest BCUT2D eigenvalue weighted by Crippen LogP contribution is -2.17. The van der Waals surface area contributed by atoms with Gasteiger partial charge in [0.05, 0.1) is 11.2 Å². The highest BCUT2D eigenvalue weighted by Crippen LogP contribution is 2.29. The van der Waals surface area contributed by atoms with E-state index in [2.05, 4.69) is 10.5 Å². The van der Waals surface area contributed by atoms with Crippen molar-refractivity contribution in [1.82, 2.24) is 5.43 Å². The minimum absolute atomic E-state index is 0.105. The van der Waals surface area contributed by atoms with Gasteiger partial charge in [0, 0.05) is 21.2 Å². The van der Waals surface area contributed by atoms with Crippen LogP contribution >= 0.6 is 34.8 Å². The SMILES string of the molecule is O=C(NN=Cc1cc(Cl)cc(Cl)c1O)c1ccc(Cl)cc1. The van der Waals surface area contributed by atoms with Crippen molar-refractivity contribution in [3.63, 3.8) is 0 Å². The van der Waals surface area contributed by atoms with E-state index < -0.39 is 5.91 Å². The summed E-state index contributed by atoms with van der Waals surface area (Å²) in [5, 5.41) is 14.5. The molecule has 0 aromatic heterocycles. The number of aromatic hydroxyl groups is 1. The summed E-state index contributed by atoms with van der Waals surface area (Å²) >= 11 is 17.3. The molecule has 2 N–H and O–H groups in total. The van der Waals surface area contributed by atoms with E-state index in [0.29, 0.717) is 21.2 Å². The van der Waals surface area contributed by atoms with Crippen LogP contribution in [0.25, 0.3) is 0 Å². The Morgan fingerprint density at radius 2 is 1.76 bits per heavy atom. The topological polar surface area (TPSA) is 61.7 Å². The van der Waals surface area contributed by atoms with E-state index in [4.69, 9.17) is 34.8 Å². The zero-order valence-electron chi connectivity index (χ0n) is 10.5. The molecule has 0 saturated carbocycles. The first-order valence-electron chi connectivity index (χ1n) is 5.74. The van der Waals surface area contributed by atoms with E-state index in [-0.39, 0.29) is 10.8 Å². The largest absolute Gasteiger partial charge is 0.506 e. The molecule has 2 aromatic rings. The summed E-state index contributed by atoms with van der Waals surface area (Å²) in [4.78, 5) is 11.8. The van der Waals surface area contributed by atoms with Gasteiger partial charge in [-0.05, 0) is 36.4 Å². The monoisotopic (exact) mass is 342 g/mol. The fourth-order valence-corrected chi connectivity index (χ4v) is 2.15. The van der Waals surface area contributed by atoms with Gasteiger partial charge >= 0.3 is 0 Å². The summed E-state index contributed by atoms with van der Waals surface area (Å²) in [6.45, 7) is 0. The van der Waals surface area contributed by atoms with Crippen LogP contribution in [-0.4, -0.2) is 17.2 Å². The third-order valence-corrected chi connectivity index (χ3v) is 3.29. The van der Waals surface area contributed by atoms with Crippen LogP contribution in [0.5, 0.6) is 5.75 Å². The maximum atomic E-state index is 11.8. The minimum atomic E-state index is -0.407. The van der Waals surface area contributed by atoms with Gasteiger partial charge in [-0.25, -0.2) is 5.43 Å². The van der Waals surface area contributed by atoms with Crippen molar-refractivity contribution in [1.29, 1.82) is 0 Å². The highest BCUT2D eigenvalue weighted by molar-refractivity contribution is 6.36. The number of nitrogens with zero attached hydrogens (tertiary/aromatic N) is 1. The number of rotatable bonds is 3. The molecule has 0 aliphatic heterocycles. The Morgan fingerprint density at radius 1 is 1.10 bits per heavy atom. The molecule has 0 radical (unpaired) electrons. The average molecular weight is 344 g/mol. The number of carbonyl (C=O) groups is 1. The Balaban J connectivity index is 2.09. The summed E-state index contributed by atoms with van der Waals surface area (Å²) in [7, 11) is 0. The third kappa shape index (κ3) is 4.11. The minimum Gasteiger partial charge on any atom is -0.506 e. The zero-order valence-corrected chi connectivity index (χ0v) is 12.7. The number of hydrogen-bond acceptors (Lipinski definition) is 3. The number of phenolic OH excluding ortho intramolecular Hbond substituents is 1. The number of hydrazone groups is 1. The van der Waals surface area contributed by atoms with Crippen LogP contribution in [0.2, 0.25) is 15.1 Å². The molecule has 21 heavy (non-hydrogen) atoms. The quantitative estimate of drug-likeness (QED) is 0.650. The summed E-state index contributed by atoms with van der Waals surface area (Å²) in [6.07, 6.45) is 1.25. The maximum absolute atomic E-state index is 11.8. The molecule has 0 heterocycles. The van der Waals surface area contributed by atoms with Crippen molar-refractivity contribution >= 4 is 46.9 Å². The number of nitrogens with one attached hydrogen (secondary N) is 1. The zero-order chi connectivity index (χ0) is 15.4. The van der Waals surface area contributed by atoms with Gasteiger partial charge in [0.15, 0.2) is 0 Å². The Hall–Kier alpha value is -1.75. The first-order chi connectivity index (χ1) is 9.97. The number of phenols is 1. The predicted molar refractivity (Wildman–Crippen MR) is 84.6 cm³/mol. The molecular weight excluding hydrogens is 335 g/mol. The van der Waals surface area contributed by atoms with Crippen LogP contribution < -0.4 is 5.43 Å². The Bertz CT molecular complexity index is 700. The van der Waals surface area contributed by atoms with Crippen molar-refractivity contribution in [3.8, 4) is 5.75 Å². The predicted octanol–water partition coefficient (Wildman–Crippen LogP) is 4.12. The fourth-order valence-electron chi connectivity index (χ4n) is 1.51. The summed E-state index contributed by atoms with van der Waals surface area (Å²) < 4.78 is 0. The van der Waals surface area contributed by atoms with E-state index in [1.54, 1.807) is 24.3 Å². The lowest BCUT2D eigenvalue weighted by Gasteiger charge is -2.03. The van der Waals surface area contributed by atoms with Crippen molar-refractivity contribution in [2.24, 2.45) is 5.10 Å². The Labute approximate surface area is 135 Å². The number of hydrogen-bond donors (Lipinski definition) is 2. The average Bonchev–Trinajstić information content (AvgIpc) is 2.44. The highest BCUT2D eigenvalue weighted by atomic mass is 35.5. The first kappa shape index (κ1) is 15.6. The van der Waals surface area contributed by atoms with Gasteiger partial charge in [-0.3, -0.25) is 4.79 Å². The Kier molecular flexibility index (Phi) is 5.07. The molecule has 0 unspecified atom stereocenters. The highest BCUT2D eigenvalue weighted by Gasteiger charge is 2.07. The first-order valence-corrected chi connectivity index (χ1v) is 6.88. The van der Waals surface area contributed by atoms with E-state index in [1.165, 1.54) is 18.3 Å². The van der Waals surface area contributed by atoms with Gasteiger partial charge in [0.2, 0.25) is 0 Å². The number of carbonyl (C=O) groups excluding carboxylic acids is 1. The van der Waals surface area contributed by atoms with Crippen LogP contribution in [0, 0.1) is 0 Å². The van der Waals surface area contributed by atoms with Gasteiger partial charge in [-0.1, -0.05) is 34.8 Å². The molecule has 2 aromatic carbocycles. The van der Waals surface area contributed by atoms with Crippen LogP contribution in [0.1, 0.15) is 15.9 Å². The second kappa shape index (κ2) is 6.80. The molecule has 0 aliphatic rings. The number of amides is 1. The molecule has 2 rings (SSSR count). The molecule has 7 heteroatoms. The lowest BCUT2D eigenvalue weighted by molar-refractivity contribution is 0.0955. The molecule has 0 bridgehead atoms. The molecule has 0 fully saturated rings. The number of halogens is 3. The molecule has 0 spiro atoms. The van der Waals surface area contributed by atoms with Crippen molar-refractivity contribution in [2.45, 2.75) is 0 Å². The van der Waals surface area contributed by atoms with E-state index in [9.17, 15) is 9.90 Å². The molecule has 1 amide bonds. The van der Waals surface area contributed by atoms with Gasteiger partial charge in [0.1, 0.15) is 5.75 Å². The summed E-state index contributed by atoms with van der Waals surface area (Å²) in [5.74, 6) is -0.568. The standard InChI is InChI=1S/C14H9Cl3N2O2/c15-10-3-1-8(2-4-10)14(21)19-18-7-9-5-11(16)6-12(17)13(9)20/h1-7,20H,(H,19,21). The molecule has 0 saturated heterocycles. The Morgan fingerprint density at radius 3 is 2.43 bits per heavy atom.